The van der Waals surface area contributed by atoms with E-state index in [0.717, 1.165) is 31.4 Å². The fourth-order valence-corrected chi connectivity index (χ4v) is 5.77. The van der Waals surface area contributed by atoms with Crippen molar-refractivity contribution in [3.05, 3.63) is 54.1 Å². The van der Waals surface area contributed by atoms with Gasteiger partial charge < -0.3 is 10.2 Å². The zero-order chi connectivity index (χ0) is 22.7. The molecule has 2 saturated heterocycles. The van der Waals surface area contributed by atoms with E-state index >= 15 is 0 Å². The van der Waals surface area contributed by atoms with E-state index in [2.05, 4.69) is 12.2 Å². The Bertz CT molecular complexity index is 1080. The molecule has 32 heavy (non-hydrogen) atoms. The quantitative estimate of drug-likeness (QED) is 0.723. The molecule has 2 aromatic carbocycles. The van der Waals surface area contributed by atoms with E-state index in [1.165, 1.54) is 22.0 Å². The van der Waals surface area contributed by atoms with Crippen LogP contribution in [-0.4, -0.2) is 44.2 Å². The van der Waals surface area contributed by atoms with E-state index in [1.54, 1.807) is 17.0 Å². The molecule has 2 aliphatic rings. The smallest absolute Gasteiger partial charge is 0.243 e. The highest BCUT2D eigenvalue weighted by Gasteiger charge is 2.35. The Morgan fingerprint density at radius 3 is 2.28 bits per heavy atom. The number of carbonyl (C=O) groups is 2. The number of hydrogen-bond donors (Lipinski definition) is 1. The molecule has 4 rings (SSSR count). The minimum absolute atomic E-state index is 0.0719. The van der Waals surface area contributed by atoms with E-state index in [0.29, 0.717) is 25.3 Å². The molecule has 2 aliphatic heterocycles. The molecule has 2 fully saturated rings. The van der Waals surface area contributed by atoms with Crippen LogP contribution in [-0.2, 0) is 26.0 Å². The number of nitrogens with zero attached hydrogens (tertiary/aromatic N) is 2. The molecule has 2 heterocycles. The lowest BCUT2D eigenvalue weighted by atomic mass is 10.1. The first kappa shape index (κ1) is 22.5. The first-order chi connectivity index (χ1) is 15.4. The maximum absolute atomic E-state index is 12.8. The molecule has 1 atom stereocenters. The van der Waals surface area contributed by atoms with Crippen LogP contribution in [0.5, 0.6) is 0 Å². The van der Waals surface area contributed by atoms with Crippen molar-refractivity contribution in [1.82, 2.24) is 4.31 Å². The van der Waals surface area contributed by atoms with Gasteiger partial charge in [0.25, 0.3) is 0 Å². The van der Waals surface area contributed by atoms with Crippen LogP contribution < -0.4 is 10.2 Å². The van der Waals surface area contributed by atoms with E-state index in [4.69, 9.17) is 0 Å². The summed E-state index contributed by atoms with van der Waals surface area (Å²) in [6, 6.07) is 14.1. The lowest BCUT2D eigenvalue weighted by Gasteiger charge is -2.25. The molecule has 0 spiro atoms. The Morgan fingerprint density at radius 2 is 1.66 bits per heavy atom. The molecule has 2 aromatic rings. The summed E-state index contributed by atoms with van der Waals surface area (Å²) in [4.78, 5) is 27.1. The van der Waals surface area contributed by atoms with Crippen LogP contribution in [0.25, 0.3) is 0 Å². The third-order valence-corrected chi connectivity index (χ3v) is 8.14. The average Bonchev–Trinajstić information content (AvgIpc) is 3.22. The topological polar surface area (TPSA) is 86.8 Å². The molecule has 2 amide bonds. The second-order valence-corrected chi connectivity index (χ2v) is 10.3. The van der Waals surface area contributed by atoms with Gasteiger partial charge in [0.15, 0.2) is 0 Å². The van der Waals surface area contributed by atoms with Gasteiger partial charge in [0.2, 0.25) is 21.8 Å². The third-order valence-electron chi connectivity index (χ3n) is 6.23. The predicted octanol–water partition coefficient (Wildman–Crippen LogP) is 3.42. The lowest BCUT2D eigenvalue weighted by Crippen LogP contribution is -2.35. The molecule has 170 valence electrons. The summed E-state index contributed by atoms with van der Waals surface area (Å²) in [5.74, 6) is -0.764. The fourth-order valence-electron chi connectivity index (χ4n) is 4.25. The van der Waals surface area contributed by atoms with Crippen molar-refractivity contribution < 1.29 is 18.0 Å². The van der Waals surface area contributed by atoms with Crippen molar-refractivity contribution in [3.8, 4) is 0 Å². The molecular formula is C24H29N3O4S. The van der Waals surface area contributed by atoms with E-state index in [1.807, 2.05) is 24.3 Å². The van der Waals surface area contributed by atoms with Gasteiger partial charge in [-0.05, 0) is 61.2 Å². The summed E-state index contributed by atoms with van der Waals surface area (Å²) in [7, 11) is -3.50. The molecule has 1 N–H and O–H groups in total. The van der Waals surface area contributed by atoms with Gasteiger partial charge in [-0.15, -0.1) is 0 Å². The number of aryl methyl sites for hydroxylation is 1. The van der Waals surface area contributed by atoms with Crippen LogP contribution in [0.3, 0.4) is 0 Å². The number of nitrogens with one attached hydrogen (secondary N) is 1. The summed E-state index contributed by atoms with van der Waals surface area (Å²) < 4.78 is 27.1. The van der Waals surface area contributed by atoms with Gasteiger partial charge in [-0.3, -0.25) is 9.59 Å². The predicted molar refractivity (Wildman–Crippen MR) is 124 cm³/mol. The number of piperidine rings is 1. The average molecular weight is 456 g/mol. The molecule has 7 nitrogen and oxygen atoms in total. The van der Waals surface area contributed by atoms with Crippen LogP contribution in [0.4, 0.5) is 11.4 Å². The molecule has 0 aliphatic carbocycles. The fraction of sp³-hybridized carbons (Fsp3) is 0.417. The number of amides is 2. The van der Waals surface area contributed by atoms with Gasteiger partial charge in [-0.2, -0.15) is 4.31 Å². The second kappa shape index (κ2) is 9.42. The first-order valence-corrected chi connectivity index (χ1v) is 12.6. The van der Waals surface area contributed by atoms with E-state index < -0.39 is 15.9 Å². The number of sulfonamides is 1. The van der Waals surface area contributed by atoms with Crippen molar-refractivity contribution in [3.63, 3.8) is 0 Å². The van der Waals surface area contributed by atoms with Gasteiger partial charge in [0.1, 0.15) is 0 Å². The Labute approximate surface area is 189 Å². The van der Waals surface area contributed by atoms with Crippen molar-refractivity contribution in [2.75, 3.05) is 29.9 Å². The van der Waals surface area contributed by atoms with E-state index in [9.17, 15) is 18.0 Å². The summed E-state index contributed by atoms with van der Waals surface area (Å²) in [5, 5.41) is 2.83. The minimum Gasteiger partial charge on any atom is -0.326 e. The molecule has 8 heteroatoms. The van der Waals surface area contributed by atoms with E-state index in [-0.39, 0.29) is 23.1 Å². The zero-order valence-corrected chi connectivity index (χ0v) is 19.1. The van der Waals surface area contributed by atoms with Crippen LogP contribution in [0.2, 0.25) is 0 Å². The summed E-state index contributed by atoms with van der Waals surface area (Å²) in [6.45, 7) is 3.51. The van der Waals surface area contributed by atoms with Crippen molar-refractivity contribution in [1.29, 1.82) is 0 Å². The lowest BCUT2D eigenvalue weighted by molar-refractivity contribution is -0.122. The summed E-state index contributed by atoms with van der Waals surface area (Å²) >= 11 is 0. The molecule has 0 aromatic heterocycles. The van der Waals surface area contributed by atoms with Gasteiger partial charge in [0, 0.05) is 37.4 Å². The number of anilines is 2. The number of benzene rings is 2. The normalized spacial score (nSPS) is 19.8. The monoisotopic (exact) mass is 455 g/mol. The standard InChI is InChI=1S/C24H29N3O4S/c1-2-18-6-10-21(11-7-18)27-17-19(16-23(27)28)24(29)25-20-8-12-22(13-9-20)32(30,31)26-14-4-3-5-15-26/h6-13,19H,2-5,14-17H2,1H3,(H,25,29)/t19-/m0/s1. The molecule has 0 bridgehead atoms. The van der Waals surface area contributed by atoms with Gasteiger partial charge in [-0.1, -0.05) is 25.5 Å². The highest BCUT2D eigenvalue weighted by Crippen LogP contribution is 2.27. The second-order valence-electron chi connectivity index (χ2n) is 8.40. The highest BCUT2D eigenvalue weighted by atomic mass is 32.2. The summed E-state index contributed by atoms with van der Waals surface area (Å²) in [6.07, 6.45) is 3.91. The highest BCUT2D eigenvalue weighted by molar-refractivity contribution is 7.89. The van der Waals surface area contributed by atoms with Crippen molar-refractivity contribution in [2.24, 2.45) is 5.92 Å². The Balaban J connectivity index is 1.39. The van der Waals surface area contributed by atoms with Crippen LogP contribution >= 0.6 is 0 Å². The molecule has 0 unspecified atom stereocenters. The maximum atomic E-state index is 12.8. The number of hydrogen-bond acceptors (Lipinski definition) is 4. The van der Waals surface area contributed by atoms with Crippen molar-refractivity contribution >= 4 is 33.2 Å². The largest absolute Gasteiger partial charge is 0.326 e. The van der Waals surface area contributed by atoms with Crippen molar-refractivity contribution in [2.45, 2.75) is 43.9 Å². The minimum atomic E-state index is -3.50. The number of carbonyl (C=O) groups excluding carboxylic acids is 2. The Hall–Kier alpha value is -2.71. The summed E-state index contributed by atoms with van der Waals surface area (Å²) in [5.41, 5.74) is 2.51. The van der Waals surface area contributed by atoms with Crippen LogP contribution in [0.15, 0.2) is 53.4 Å². The molecule has 0 radical (unpaired) electrons. The maximum Gasteiger partial charge on any atom is 0.243 e. The number of rotatable bonds is 6. The Morgan fingerprint density at radius 1 is 1.00 bits per heavy atom. The van der Waals surface area contributed by atoms with Gasteiger partial charge >= 0.3 is 0 Å². The molecule has 0 saturated carbocycles. The van der Waals surface area contributed by atoms with Crippen LogP contribution in [0, 0.1) is 5.92 Å². The van der Waals surface area contributed by atoms with Gasteiger partial charge in [0.05, 0.1) is 10.8 Å². The first-order valence-electron chi connectivity index (χ1n) is 11.2. The van der Waals surface area contributed by atoms with Gasteiger partial charge in [-0.25, -0.2) is 8.42 Å². The van der Waals surface area contributed by atoms with Crippen LogP contribution in [0.1, 0.15) is 38.2 Å². The Kier molecular flexibility index (Phi) is 6.62. The SMILES string of the molecule is CCc1ccc(N2C[C@@H](C(=O)Nc3ccc(S(=O)(=O)N4CCCCC4)cc3)CC2=O)cc1. The molecular weight excluding hydrogens is 426 g/mol. The third kappa shape index (κ3) is 4.71. The zero-order valence-electron chi connectivity index (χ0n) is 18.3.